The second kappa shape index (κ2) is 4.00. The maximum Gasteiger partial charge on any atom is 0.252 e. The van der Waals surface area contributed by atoms with Crippen LogP contribution >= 0.6 is 0 Å². The topological polar surface area (TPSA) is 48.0 Å². The van der Waals surface area contributed by atoms with Crippen LogP contribution in [0.3, 0.4) is 0 Å². The van der Waals surface area contributed by atoms with E-state index in [0.717, 1.165) is 5.56 Å². The van der Waals surface area contributed by atoms with Gasteiger partial charge in [0.1, 0.15) is 0 Å². The predicted molar refractivity (Wildman–Crippen MR) is 60.7 cm³/mol. The van der Waals surface area contributed by atoms with Gasteiger partial charge in [0.05, 0.1) is 6.54 Å². The Balaban J connectivity index is 2.29. The molecule has 3 heteroatoms. The van der Waals surface area contributed by atoms with Gasteiger partial charge in [-0.2, -0.15) is 0 Å². The Bertz CT molecular complexity index is 503. The lowest BCUT2D eigenvalue weighted by molar-refractivity contribution is 0.760. The van der Waals surface area contributed by atoms with Gasteiger partial charge in [0.25, 0.3) is 5.56 Å². The molecule has 0 fully saturated rings. The summed E-state index contributed by atoms with van der Waals surface area (Å²) >= 11 is 0. The summed E-state index contributed by atoms with van der Waals surface area (Å²) in [7, 11) is 0. The van der Waals surface area contributed by atoms with E-state index in [2.05, 4.69) is 0 Å². The van der Waals surface area contributed by atoms with Gasteiger partial charge in [-0.1, -0.05) is 30.3 Å². The highest BCUT2D eigenvalue weighted by molar-refractivity contribution is 5.34. The van der Waals surface area contributed by atoms with Crippen molar-refractivity contribution in [2.45, 2.75) is 6.54 Å². The molecule has 0 bridgehead atoms. The van der Waals surface area contributed by atoms with Crippen LogP contribution in [0.2, 0.25) is 0 Å². The lowest BCUT2D eigenvalue weighted by Gasteiger charge is -2.05. The fraction of sp³-hybridized carbons (Fsp3) is 0.0833. The number of nitrogen functional groups attached to an aromatic ring is 1. The molecule has 0 amide bonds. The minimum absolute atomic E-state index is 0.0705. The minimum atomic E-state index is -0.0705. The number of benzene rings is 1. The largest absolute Gasteiger partial charge is 0.399 e. The molecule has 0 atom stereocenters. The molecule has 0 unspecified atom stereocenters. The summed E-state index contributed by atoms with van der Waals surface area (Å²) in [5.41, 5.74) is 7.04. The molecule has 0 saturated heterocycles. The SMILES string of the molecule is Nc1ccn(Cc2ccccc2)c(=O)c1. The molecule has 0 radical (unpaired) electrons. The number of rotatable bonds is 2. The number of hydrogen-bond donors (Lipinski definition) is 1. The van der Waals surface area contributed by atoms with Crippen molar-refractivity contribution in [1.82, 2.24) is 4.57 Å². The first-order chi connectivity index (χ1) is 7.25. The number of pyridine rings is 1. The summed E-state index contributed by atoms with van der Waals surface area (Å²) in [6, 6.07) is 13.0. The average molecular weight is 200 g/mol. The van der Waals surface area contributed by atoms with Crippen LogP contribution in [-0.2, 0) is 6.54 Å². The van der Waals surface area contributed by atoms with E-state index in [1.807, 2.05) is 30.3 Å². The molecule has 0 spiro atoms. The van der Waals surface area contributed by atoms with E-state index < -0.39 is 0 Å². The van der Waals surface area contributed by atoms with Crippen LogP contribution in [-0.4, -0.2) is 4.57 Å². The lowest BCUT2D eigenvalue weighted by atomic mass is 10.2. The number of hydrogen-bond acceptors (Lipinski definition) is 2. The third-order valence-electron chi connectivity index (χ3n) is 2.22. The van der Waals surface area contributed by atoms with Crippen LogP contribution in [0.25, 0.3) is 0 Å². The van der Waals surface area contributed by atoms with E-state index in [-0.39, 0.29) is 5.56 Å². The monoisotopic (exact) mass is 200 g/mol. The molecule has 2 N–H and O–H groups in total. The molecule has 1 heterocycles. The Kier molecular flexibility index (Phi) is 2.54. The molecule has 1 aromatic heterocycles. The van der Waals surface area contributed by atoms with Crippen molar-refractivity contribution in [2.75, 3.05) is 5.73 Å². The molecule has 3 nitrogen and oxygen atoms in total. The maximum atomic E-state index is 11.5. The van der Waals surface area contributed by atoms with E-state index in [0.29, 0.717) is 12.2 Å². The lowest BCUT2D eigenvalue weighted by Crippen LogP contribution is -2.19. The quantitative estimate of drug-likeness (QED) is 0.798. The van der Waals surface area contributed by atoms with Gasteiger partial charge in [0, 0.05) is 18.0 Å². The van der Waals surface area contributed by atoms with Crippen molar-refractivity contribution in [1.29, 1.82) is 0 Å². The number of nitrogens with two attached hydrogens (primary N) is 1. The standard InChI is InChI=1S/C12H12N2O/c13-11-6-7-14(12(15)8-11)9-10-4-2-1-3-5-10/h1-8H,9,13H2. The van der Waals surface area contributed by atoms with E-state index in [9.17, 15) is 4.79 Å². The Labute approximate surface area is 87.8 Å². The van der Waals surface area contributed by atoms with E-state index in [1.165, 1.54) is 6.07 Å². The van der Waals surface area contributed by atoms with E-state index >= 15 is 0 Å². The van der Waals surface area contributed by atoms with Gasteiger partial charge in [0.2, 0.25) is 0 Å². The maximum absolute atomic E-state index is 11.5. The summed E-state index contributed by atoms with van der Waals surface area (Å²) in [5, 5.41) is 0. The van der Waals surface area contributed by atoms with Crippen molar-refractivity contribution in [3.05, 3.63) is 64.6 Å². The second-order valence-corrected chi connectivity index (χ2v) is 3.41. The van der Waals surface area contributed by atoms with Crippen LogP contribution in [0.15, 0.2) is 53.5 Å². The highest BCUT2D eigenvalue weighted by Crippen LogP contribution is 2.01. The van der Waals surface area contributed by atoms with E-state index in [4.69, 9.17) is 5.73 Å². The number of nitrogens with zero attached hydrogens (tertiary/aromatic N) is 1. The van der Waals surface area contributed by atoms with Crippen molar-refractivity contribution in [3.63, 3.8) is 0 Å². The third-order valence-corrected chi connectivity index (χ3v) is 2.22. The second-order valence-electron chi connectivity index (χ2n) is 3.41. The molecule has 2 rings (SSSR count). The van der Waals surface area contributed by atoms with Crippen LogP contribution in [0.5, 0.6) is 0 Å². The Morgan fingerprint density at radius 2 is 1.87 bits per heavy atom. The fourth-order valence-corrected chi connectivity index (χ4v) is 1.43. The van der Waals surface area contributed by atoms with Gasteiger partial charge >= 0.3 is 0 Å². The molecule has 0 saturated carbocycles. The molecule has 15 heavy (non-hydrogen) atoms. The predicted octanol–water partition coefficient (Wildman–Crippen LogP) is 1.48. The van der Waals surface area contributed by atoms with Gasteiger partial charge in [-0.3, -0.25) is 4.79 Å². The smallest absolute Gasteiger partial charge is 0.252 e. The fourth-order valence-electron chi connectivity index (χ4n) is 1.43. The summed E-state index contributed by atoms with van der Waals surface area (Å²) < 4.78 is 1.63. The molecule has 0 aliphatic rings. The summed E-state index contributed by atoms with van der Waals surface area (Å²) in [4.78, 5) is 11.5. The van der Waals surface area contributed by atoms with Gasteiger partial charge < -0.3 is 10.3 Å². The van der Waals surface area contributed by atoms with Crippen LogP contribution in [0.1, 0.15) is 5.56 Å². The first-order valence-corrected chi connectivity index (χ1v) is 4.75. The first-order valence-electron chi connectivity index (χ1n) is 4.75. The molecule has 1 aromatic carbocycles. The summed E-state index contributed by atoms with van der Waals surface area (Å²) in [6.07, 6.45) is 1.71. The summed E-state index contributed by atoms with van der Waals surface area (Å²) in [5.74, 6) is 0. The molecule has 2 aromatic rings. The van der Waals surface area contributed by atoms with Crippen LogP contribution in [0.4, 0.5) is 5.69 Å². The zero-order valence-corrected chi connectivity index (χ0v) is 8.26. The zero-order valence-electron chi connectivity index (χ0n) is 8.26. The zero-order chi connectivity index (χ0) is 10.7. The number of anilines is 1. The van der Waals surface area contributed by atoms with Gasteiger partial charge in [-0.25, -0.2) is 0 Å². The molecular formula is C12H12N2O. The third kappa shape index (κ3) is 2.26. The van der Waals surface area contributed by atoms with E-state index in [1.54, 1.807) is 16.8 Å². The molecule has 0 aliphatic carbocycles. The Morgan fingerprint density at radius 3 is 2.53 bits per heavy atom. The van der Waals surface area contributed by atoms with Crippen molar-refractivity contribution < 1.29 is 0 Å². The number of aromatic nitrogens is 1. The first kappa shape index (κ1) is 9.52. The summed E-state index contributed by atoms with van der Waals surface area (Å²) in [6.45, 7) is 0.583. The van der Waals surface area contributed by atoms with Crippen LogP contribution in [0, 0.1) is 0 Å². The average Bonchev–Trinajstić information content (AvgIpc) is 2.24. The van der Waals surface area contributed by atoms with Crippen molar-refractivity contribution in [3.8, 4) is 0 Å². The Morgan fingerprint density at radius 1 is 1.13 bits per heavy atom. The van der Waals surface area contributed by atoms with Crippen molar-refractivity contribution >= 4 is 5.69 Å². The normalized spacial score (nSPS) is 10.1. The van der Waals surface area contributed by atoms with Crippen LogP contribution < -0.4 is 11.3 Å². The molecule has 76 valence electrons. The van der Waals surface area contributed by atoms with Gasteiger partial charge in [0.15, 0.2) is 0 Å². The van der Waals surface area contributed by atoms with Gasteiger partial charge in [-0.15, -0.1) is 0 Å². The van der Waals surface area contributed by atoms with Gasteiger partial charge in [-0.05, 0) is 11.6 Å². The van der Waals surface area contributed by atoms with Crippen molar-refractivity contribution in [2.24, 2.45) is 0 Å². The molecular weight excluding hydrogens is 188 g/mol. The highest BCUT2D eigenvalue weighted by Gasteiger charge is 1.97. The highest BCUT2D eigenvalue weighted by atomic mass is 16.1. The molecule has 0 aliphatic heterocycles. The minimum Gasteiger partial charge on any atom is -0.399 e. The Hall–Kier alpha value is -2.03.